The highest BCUT2D eigenvalue weighted by Crippen LogP contribution is 2.22. The number of carbonyl (C=O) groups is 1. The zero-order chi connectivity index (χ0) is 17.1. The highest BCUT2D eigenvalue weighted by molar-refractivity contribution is 5.92. The number of rotatable bonds is 4. The minimum atomic E-state index is -0.562. The summed E-state index contributed by atoms with van der Waals surface area (Å²) in [5, 5.41) is 2.64. The summed E-state index contributed by atoms with van der Waals surface area (Å²) < 4.78 is 14.3. The summed E-state index contributed by atoms with van der Waals surface area (Å²) in [6.07, 6.45) is 1.22. The molecule has 2 aliphatic heterocycles. The molecule has 24 heavy (non-hydrogen) atoms. The van der Waals surface area contributed by atoms with Crippen LogP contribution >= 0.6 is 0 Å². The van der Waals surface area contributed by atoms with Crippen LogP contribution in [0.25, 0.3) is 0 Å². The highest BCUT2D eigenvalue weighted by Gasteiger charge is 2.29. The second-order valence-electron chi connectivity index (χ2n) is 6.59. The molecule has 3 rings (SSSR count). The molecule has 1 aromatic heterocycles. The van der Waals surface area contributed by atoms with Gasteiger partial charge in [-0.15, -0.1) is 0 Å². The van der Waals surface area contributed by atoms with E-state index in [9.17, 15) is 9.18 Å². The number of halogens is 1. The fraction of sp³-hybridized carbons (Fsp3) is 0.647. The molecule has 0 saturated carbocycles. The third-order valence-electron chi connectivity index (χ3n) is 4.94. The molecule has 0 aliphatic carbocycles. The summed E-state index contributed by atoms with van der Waals surface area (Å²) >= 11 is 0. The quantitative estimate of drug-likeness (QED) is 0.825. The van der Waals surface area contributed by atoms with Crippen LogP contribution in [0.1, 0.15) is 23.8 Å². The van der Waals surface area contributed by atoms with Gasteiger partial charge in [0.05, 0.1) is 5.69 Å². The number of likely N-dealkylation sites (tertiary alicyclic amines) is 1. The molecule has 0 aromatic carbocycles. The molecule has 1 amide bonds. The van der Waals surface area contributed by atoms with E-state index in [0.717, 1.165) is 39.3 Å². The van der Waals surface area contributed by atoms with Crippen molar-refractivity contribution in [2.24, 2.45) is 0 Å². The van der Waals surface area contributed by atoms with Crippen molar-refractivity contribution in [3.63, 3.8) is 0 Å². The maximum absolute atomic E-state index is 14.3. The summed E-state index contributed by atoms with van der Waals surface area (Å²) in [6.45, 7) is 8.07. The lowest BCUT2D eigenvalue weighted by atomic mass is 10.2. The van der Waals surface area contributed by atoms with Gasteiger partial charge < -0.3 is 15.1 Å². The van der Waals surface area contributed by atoms with Crippen LogP contribution in [0.2, 0.25) is 0 Å². The molecule has 0 spiro atoms. The number of aromatic nitrogens is 1. The van der Waals surface area contributed by atoms with Crippen LogP contribution < -0.4 is 10.2 Å². The number of amides is 1. The number of hydrogen-bond donors (Lipinski definition) is 1. The first kappa shape index (κ1) is 17.1. The average Bonchev–Trinajstić information content (AvgIpc) is 3.02. The zero-order valence-electron chi connectivity index (χ0n) is 14.5. The minimum Gasteiger partial charge on any atom is -0.365 e. The first-order valence-electron chi connectivity index (χ1n) is 8.70. The molecule has 1 unspecified atom stereocenters. The summed E-state index contributed by atoms with van der Waals surface area (Å²) in [6, 6.07) is 3.90. The van der Waals surface area contributed by atoms with Crippen molar-refractivity contribution in [3.05, 3.63) is 23.8 Å². The van der Waals surface area contributed by atoms with Gasteiger partial charge in [0.15, 0.2) is 0 Å². The molecule has 0 radical (unpaired) electrons. The number of nitrogens with one attached hydrogen (secondary N) is 1. The number of pyridine rings is 1. The predicted molar refractivity (Wildman–Crippen MR) is 91.9 cm³/mol. The van der Waals surface area contributed by atoms with Crippen molar-refractivity contribution in [1.29, 1.82) is 0 Å². The summed E-state index contributed by atoms with van der Waals surface area (Å²) in [5.74, 6) is -0.897. The monoisotopic (exact) mass is 335 g/mol. The van der Waals surface area contributed by atoms with E-state index in [-0.39, 0.29) is 11.6 Å². The molecule has 0 bridgehead atoms. The Morgan fingerprint density at radius 2 is 2.04 bits per heavy atom. The third-order valence-corrected chi connectivity index (χ3v) is 4.94. The van der Waals surface area contributed by atoms with Crippen molar-refractivity contribution in [2.45, 2.75) is 19.4 Å². The molecular formula is C17H26FN5O. The van der Waals surface area contributed by atoms with Crippen molar-refractivity contribution < 1.29 is 9.18 Å². The molecule has 132 valence electrons. The van der Waals surface area contributed by atoms with Crippen molar-refractivity contribution in [3.8, 4) is 0 Å². The van der Waals surface area contributed by atoms with Crippen LogP contribution in [0, 0.1) is 5.95 Å². The van der Waals surface area contributed by atoms with Gasteiger partial charge in [-0.25, -0.2) is 4.98 Å². The van der Waals surface area contributed by atoms with Crippen molar-refractivity contribution in [2.75, 3.05) is 57.8 Å². The smallest absolute Gasteiger partial charge is 0.269 e. The van der Waals surface area contributed by atoms with E-state index in [1.54, 1.807) is 12.1 Å². The van der Waals surface area contributed by atoms with Crippen molar-refractivity contribution >= 4 is 11.6 Å². The largest absolute Gasteiger partial charge is 0.365 e. The van der Waals surface area contributed by atoms with Gasteiger partial charge in [0.25, 0.3) is 5.91 Å². The third kappa shape index (κ3) is 3.67. The van der Waals surface area contributed by atoms with Gasteiger partial charge in [-0.3, -0.25) is 9.69 Å². The lowest BCUT2D eigenvalue weighted by Crippen LogP contribution is -2.51. The van der Waals surface area contributed by atoms with E-state index < -0.39 is 5.95 Å². The van der Waals surface area contributed by atoms with Crippen LogP contribution in [-0.4, -0.2) is 79.6 Å². The number of hydrogen-bond acceptors (Lipinski definition) is 5. The molecule has 2 saturated heterocycles. The molecule has 6 nitrogen and oxygen atoms in total. The normalized spacial score (nSPS) is 22.8. The Kier molecular flexibility index (Phi) is 5.30. The maximum atomic E-state index is 14.3. The lowest BCUT2D eigenvalue weighted by molar-refractivity contribution is 0.0949. The summed E-state index contributed by atoms with van der Waals surface area (Å²) in [7, 11) is 2.16. The Hall–Kier alpha value is -1.73. The van der Waals surface area contributed by atoms with E-state index in [1.165, 1.54) is 6.42 Å². The summed E-state index contributed by atoms with van der Waals surface area (Å²) in [5.41, 5.74) is 0.622. The standard InChI is InChI=1S/C17H26FN5O/c1-3-19-17(24)14-4-5-15(16(18)20-14)23-10-8-22(9-11-23)13-6-7-21(2)12-13/h4-5,13H,3,6-12H2,1-2H3,(H,19,24). The second kappa shape index (κ2) is 7.44. The van der Waals surface area contributed by atoms with Gasteiger partial charge in [-0.2, -0.15) is 4.39 Å². The van der Waals surface area contributed by atoms with Gasteiger partial charge in [-0.05, 0) is 39.1 Å². The van der Waals surface area contributed by atoms with Crippen LogP contribution in [0.5, 0.6) is 0 Å². The molecule has 1 N–H and O–H groups in total. The number of carbonyl (C=O) groups excluding carboxylic acids is 1. The molecule has 7 heteroatoms. The number of likely N-dealkylation sites (N-methyl/N-ethyl adjacent to an activating group) is 1. The van der Waals surface area contributed by atoms with Crippen LogP contribution in [0.15, 0.2) is 12.1 Å². The molecular weight excluding hydrogens is 309 g/mol. The predicted octanol–water partition coefficient (Wildman–Crippen LogP) is 0.797. The topological polar surface area (TPSA) is 51.7 Å². The van der Waals surface area contributed by atoms with E-state index in [0.29, 0.717) is 18.3 Å². The number of anilines is 1. The van der Waals surface area contributed by atoms with E-state index >= 15 is 0 Å². The van der Waals surface area contributed by atoms with Gasteiger partial charge in [0, 0.05) is 45.3 Å². The Labute approximate surface area is 142 Å². The Balaban J connectivity index is 1.61. The molecule has 1 aromatic rings. The fourth-order valence-corrected chi connectivity index (χ4v) is 3.58. The SMILES string of the molecule is CCNC(=O)c1ccc(N2CCN(C3CCN(C)C3)CC2)c(F)n1. The first-order valence-corrected chi connectivity index (χ1v) is 8.70. The summed E-state index contributed by atoms with van der Waals surface area (Å²) in [4.78, 5) is 22.5. The first-order chi connectivity index (χ1) is 11.6. The number of piperazine rings is 1. The van der Waals surface area contributed by atoms with Crippen LogP contribution in [0.4, 0.5) is 10.1 Å². The lowest BCUT2D eigenvalue weighted by Gasteiger charge is -2.39. The zero-order valence-corrected chi connectivity index (χ0v) is 14.5. The van der Waals surface area contributed by atoms with Gasteiger partial charge in [-0.1, -0.05) is 0 Å². The second-order valence-corrected chi connectivity index (χ2v) is 6.59. The van der Waals surface area contributed by atoms with E-state index in [4.69, 9.17) is 0 Å². The van der Waals surface area contributed by atoms with Crippen LogP contribution in [-0.2, 0) is 0 Å². The van der Waals surface area contributed by atoms with Gasteiger partial charge in [0.2, 0.25) is 5.95 Å². The minimum absolute atomic E-state index is 0.130. The van der Waals surface area contributed by atoms with E-state index in [1.807, 2.05) is 11.8 Å². The Morgan fingerprint density at radius 1 is 1.29 bits per heavy atom. The Bertz CT molecular complexity index is 588. The molecule has 2 fully saturated rings. The van der Waals surface area contributed by atoms with Crippen LogP contribution in [0.3, 0.4) is 0 Å². The number of nitrogens with zero attached hydrogens (tertiary/aromatic N) is 4. The molecule has 2 aliphatic rings. The highest BCUT2D eigenvalue weighted by atomic mass is 19.1. The maximum Gasteiger partial charge on any atom is 0.269 e. The van der Waals surface area contributed by atoms with Crippen molar-refractivity contribution in [1.82, 2.24) is 20.1 Å². The van der Waals surface area contributed by atoms with E-state index in [2.05, 4.69) is 27.1 Å². The molecule has 1 atom stereocenters. The average molecular weight is 335 g/mol. The van der Waals surface area contributed by atoms with Gasteiger partial charge >= 0.3 is 0 Å². The Morgan fingerprint density at radius 3 is 2.62 bits per heavy atom. The van der Waals surface area contributed by atoms with Gasteiger partial charge in [0.1, 0.15) is 5.69 Å². The molecule has 3 heterocycles. The fourth-order valence-electron chi connectivity index (χ4n) is 3.58.